The molecule has 0 bridgehead atoms. The lowest BCUT2D eigenvalue weighted by atomic mass is 9.79. The fraction of sp³-hybridized carbons (Fsp3) is 0.0588. The molecule has 0 unspecified atom stereocenters. The second-order valence-corrected chi connectivity index (χ2v) is 14.7. The number of hydrogen-bond donors (Lipinski definition) is 0. The Morgan fingerprint density at radius 3 is 1.35 bits per heavy atom. The van der Waals surface area contributed by atoms with E-state index in [4.69, 9.17) is 0 Å². The first-order chi connectivity index (χ1) is 25.1. The third-order valence-corrected chi connectivity index (χ3v) is 11.8. The molecule has 0 radical (unpaired) electrons. The molecule has 0 aliphatic heterocycles. The van der Waals surface area contributed by atoms with Gasteiger partial charge in [-0.05, 0) is 109 Å². The van der Waals surface area contributed by atoms with E-state index >= 15 is 0 Å². The smallest absolute Gasteiger partial charge is 0.0165 e. The Hall–Kier alpha value is -6.24. The van der Waals surface area contributed by atoms with Gasteiger partial charge < -0.3 is 0 Å². The third kappa shape index (κ3) is 3.80. The number of hydrogen-bond acceptors (Lipinski definition) is 0. The molecule has 0 amide bonds. The van der Waals surface area contributed by atoms with Gasteiger partial charge >= 0.3 is 0 Å². The summed E-state index contributed by atoms with van der Waals surface area (Å²) in [5.74, 6) is 0. The summed E-state index contributed by atoms with van der Waals surface area (Å²) in [5.41, 5.74) is 10.6. The van der Waals surface area contributed by atoms with E-state index in [1.807, 2.05) is 0 Å². The molecule has 0 heteroatoms. The fourth-order valence-electron chi connectivity index (χ4n) is 9.70. The van der Waals surface area contributed by atoms with Crippen molar-refractivity contribution in [3.63, 3.8) is 0 Å². The summed E-state index contributed by atoms with van der Waals surface area (Å²) in [6.07, 6.45) is 0. The zero-order chi connectivity index (χ0) is 33.8. The maximum atomic E-state index is 2.42. The zero-order valence-corrected chi connectivity index (χ0v) is 28.7. The molecule has 1 aliphatic carbocycles. The van der Waals surface area contributed by atoms with Crippen LogP contribution >= 0.6 is 0 Å². The summed E-state index contributed by atoms with van der Waals surface area (Å²) >= 11 is 0. The van der Waals surface area contributed by atoms with Crippen LogP contribution in [-0.2, 0) is 5.41 Å². The van der Waals surface area contributed by atoms with Crippen molar-refractivity contribution >= 4 is 64.6 Å². The minimum Gasteiger partial charge on any atom is -0.0616 e. The summed E-state index contributed by atoms with van der Waals surface area (Å²) in [4.78, 5) is 0. The largest absolute Gasteiger partial charge is 0.0616 e. The Kier molecular flexibility index (Phi) is 5.82. The number of rotatable bonds is 2. The molecule has 0 N–H and O–H groups in total. The van der Waals surface area contributed by atoms with Crippen LogP contribution in [0.5, 0.6) is 0 Å². The minimum atomic E-state index is -0.165. The van der Waals surface area contributed by atoms with Crippen LogP contribution in [-0.4, -0.2) is 0 Å². The van der Waals surface area contributed by atoms with Gasteiger partial charge in [-0.25, -0.2) is 0 Å². The van der Waals surface area contributed by atoms with Gasteiger partial charge in [0.15, 0.2) is 0 Å². The summed E-state index contributed by atoms with van der Waals surface area (Å²) in [7, 11) is 0. The first-order valence-electron chi connectivity index (χ1n) is 18.0. The van der Waals surface area contributed by atoms with Gasteiger partial charge in [-0.1, -0.05) is 184 Å². The highest BCUT2D eigenvalue weighted by Gasteiger charge is 2.40. The van der Waals surface area contributed by atoms with Crippen molar-refractivity contribution in [1.29, 1.82) is 0 Å². The van der Waals surface area contributed by atoms with Crippen molar-refractivity contribution in [1.82, 2.24) is 0 Å². The lowest BCUT2D eigenvalue weighted by Gasteiger charge is -2.24. The molecule has 0 nitrogen and oxygen atoms in total. The summed E-state index contributed by atoms with van der Waals surface area (Å²) in [5, 5.41) is 15.6. The van der Waals surface area contributed by atoms with Gasteiger partial charge in [-0.3, -0.25) is 0 Å². The molecule has 10 aromatic rings. The molecule has 238 valence electrons. The molecule has 0 spiro atoms. The molecule has 0 saturated heterocycles. The summed E-state index contributed by atoms with van der Waals surface area (Å²) < 4.78 is 0. The van der Waals surface area contributed by atoms with Crippen molar-refractivity contribution < 1.29 is 0 Å². The second kappa shape index (κ2) is 10.4. The first-order valence-corrected chi connectivity index (χ1v) is 18.0. The van der Waals surface area contributed by atoms with E-state index in [1.54, 1.807) is 0 Å². The van der Waals surface area contributed by atoms with Crippen LogP contribution in [0, 0.1) is 0 Å². The van der Waals surface area contributed by atoms with Crippen LogP contribution in [0.1, 0.15) is 25.0 Å². The van der Waals surface area contributed by atoms with Gasteiger partial charge in [0, 0.05) is 5.41 Å². The van der Waals surface area contributed by atoms with E-state index in [0.717, 1.165) is 0 Å². The van der Waals surface area contributed by atoms with E-state index in [1.165, 1.54) is 109 Å². The highest BCUT2D eigenvalue weighted by atomic mass is 14.4. The van der Waals surface area contributed by atoms with Crippen LogP contribution in [0.15, 0.2) is 170 Å². The van der Waals surface area contributed by atoms with Gasteiger partial charge in [0.1, 0.15) is 0 Å². The zero-order valence-electron chi connectivity index (χ0n) is 28.7. The maximum absolute atomic E-state index is 2.42. The van der Waals surface area contributed by atoms with Crippen LogP contribution in [0.3, 0.4) is 0 Å². The third-order valence-electron chi connectivity index (χ3n) is 11.8. The molecule has 0 atom stereocenters. The topological polar surface area (TPSA) is 0 Å². The predicted octanol–water partition coefficient (Wildman–Crippen LogP) is 14.2. The minimum absolute atomic E-state index is 0.165. The number of fused-ring (bicyclic) bond motifs is 13. The fourth-order valence-corrected chi connectivity index (χ4v) is 9.70. The van der Waals surface area contributed by atoms with Gasteiger partial charge in [0.25, 0.3) is 0 Å². The van der Waals surface area contributed by atoms with Crippen molar-refractivity contribution in [2.24, 2.45) is 0 Å². The molecule has 0 heterocycles. The SMILES string of the molecule is CC1(C)c2cccc(-c3c4ccccc4c(-c4cccc5c4ccc4ccccc45)c4ccccc34)c2-c2c1c1ccccc1c1ccccc21. The van der Waals surface area contributed by atoms with Gasteiger partial charge in [0.05, 0.1) is 0 Å². The molecule has 11 rings (SSSR count). The van der Waals surface area contributed by atoms with Crippen LogP contribution in [0.4, 0.5) is 0 Å². The lowest BCUT2D eigenvalue weighted by Crippen LogP contribution is -2.15. The highest BCUT2D eigenvalue weighted by Crippen LogP contribution is 2.58. The average Bonchev–Trinajstić information content (AvgIpc) is 3.44. The Balaban J connectivity index is 1.29. The normalized spacial score (nSPS) is 13.5. The van der Waals surface area contributed by atoms with Crippen molar-refractivity contribution in [3.8, 4) is 33.4 Å². The standard InChI is InChI=1S/C51H34/c1-51(2)45-28-14-27-44(48(45)49-38-19-7-5-17-34(38)35-18-6-12-24-43(35)50(49)51)47-41-22-10-8-20-39(41)46(40-21-9-11-23-42(40)47)37-26-13-25-33-32-16-4-3-15-31(32)29-30-36(33)37/h3-30H,1-2H3. The van der Waals surface area contributed by atoms with E-state index in [-0.39, 0.29) is 5.41 Å². The molecular formula is C51H34. The second-order valence-electron chi connectivity index (χ2n) is 14.7. The van der Waals surface area contributed by atoms with Gasteiger partial charge in [-0.2, -0.15) is 0 Å². The molecule has 0 saturated carbocycles. The van der Waals surface area contributed by atoms with E-state index in [9.17, 15) is 0 Å². The van der Waals surface area contributed by atoms with Crippen molar-refractivity contribution in [3.05, 3.63) is 181 Å². The van der Waals surface area contributed by atoms with Crippen LogP contribution < -0.4 is 0 Å². The molecular weight excluding hydrogens is 613 g/mol. The Morgan fingerprint density at radius 2 is 0.706 bits per heavy atom. The van der Waals surface area contributed by atoms with Gasteiger partial charge in [0.2, 0.25) is 0 Å². The van der Waals surface area contributed by atoms with Crippen LogP contribution in [0.2, 0.25) is 0 Å². The summed E-state index contributed by atoms with van der Waals surface area (Å²) in [6, 6.07) is 63.5. The Bertz CT molecular complexity index is 3050. The first kappa shape index (κ1) is 28.6. The van der Waals surface area contributed by atoms with Crippen molar-refractivity contribution in [2.45, 2.75) is 19.3 Å². The lowest BCUT2D eigenvalue weighted by molar-refractivity contribution is 0.666. The quantitative estimate of drug-likeness (QED) is 0.129. The van der Waals surface area contributed by atoms with E-state index in [0.29, 0.717) is 0 Å². The monoisotopic (exact) mass is 646 g/mol. The van der Waals surface area contributed by atoms with Crippen LogP contribution in [0.25, 0.3) is 98.0 Å². The summed E-state index contributed by atoms with van der Waals surface area (Å²) in [6.45, 7) is 4.85. The molecule has 1 aliphatic rings. The Morgan fingerprint density at radius 1 is 0.275 bits per heavy atom. The molecule has 10 aromatic carbocycles. The van der Waals surface area contributed by atoms with Gasteiger partial charge in [-0.15, -0.1) is 0 Å². The van der Waals surface area contributed by atoms with E-state index < -0.39 is 0 Å². The maximum Gasteiger partial charge on any atom is 0.0165 e. The van der Waals surface area contributed by atoms with E-state index in [2.05, 4.69) is 184 Å². The average molecular weight is 647 g/mol. The molecule has 0 aromatic heterocycles. The molecule has 51 heavy (non-hydrogen) atoms. The Labute approximate surface area is 297 Å². The molecule has 0 fully saturated rings. The number of benzene rings is 10. The van der Waals surface area contributed by atoms with Crippen molar-refractivity contribution in [2.75, 3.05) is 0 Å². The predicted molar refractivity (Wildman–Crippen MR) is 220 cm³/mol. The highest BCUT2D eigenvalue weighted by molar-refractivity contribution is 6.27.